The lowest BCUT2D eigenvalue weighted by Crippen LogP contribution is -2.74. The molecule has 6 rings (SSSR count). The highest BCUT2D eigenvalue weighted by Gasteiger charge is 2.75. The molecule has 9 unspecified atom stereocenters. The Morgan fingerprint density at radius 3 is 2.31 bits per heavy atom. The second kappa shape index (κ2) is 29.7. The maximum Gasteiger partial charge on any atom is 0.330 e. The number of nitrogens with two attached hydrogens (primary N) is 1. The molecule has 10 atom stereocenters. The van der Waals surface area contributed by atoms with Gasteiger partial charge in [0.05, 0.1) is 37.2 Å². The number of aldehydes is 1. The molecule has 0 aromatic heterocycles. The second-order valence-electron chi connectivity index (χ2n) is 21.7. The number of benzene rings is 2. The van der Waals surface area contributed by atoms with Gasteiger partial charge in [-0.2, -0.15) is 17.5 Å². The van der Waals surface area contributed by atoms with E-state index in [4.69, 9.17) is 41.3 Å². The van der Waals surface area contributed by atoms with Gasteiger partial charge in [0, 0.05) is 55.3 Å². The number of hydrogen-bond donors (Lipinski definition) is 8. The first-order chi connectivity index (χ1) is 38.7. The van der Waals surface area contributed by atoms with Gasteiger partial charge < -0.3 is 51.3 Å². The first kappa shape index (κ1) is 64.1. The monoisotopic (exact) mass is 1170 g/mol. The number of hydrogen-bond acceptors (Lipinski definition) is 16. The van der Waals surface area contributed by atoms with Gasteiger partial charge in [0.15, 0.2) is 5.60 Å². The molecule has 2 saturated carbocycles. The van der Waals surface area contributed by atoms with E-state index < -0.39 is 83.0 Å². The van der Waals surface area contributed by atoms with Crippen LogP contribution in [-0.4, -0.2) is 128 Å². The van der Waals surface area contributed by atoms with Crippen LogP contribution in [0.4, 0.5) is 10.5 Å². The molecule has 22 nitrogen and oxygen atoms in total. The van der Waals surface area contributed by atoms with E-state index in [2.05, 4.69) is 58.4 Å². The number of fused-ring (bicyclic) bond motifs is 3. The molecule has 8 amide bonds. The minimum Gasteiger partial charge on any atom is -0.487 e. The number of carbonyl (C=O) groups is 9. The van der Waals surface area contributed by atoms with Crippen molar-refractivity contribution >= 4 is 89.7 Å². The fraction of sp³-hybridized carbons (Fsp3) is 0.596. The molecule has 2 aliphatic carbocycles. The molecule has 8 N–H and O–H groups in total. The molecule has 444 valence electrons. The summed E-state index contributed by atoms with van der Waals surface area (Å²) in [6.07, 6.45) is 9.86. The van der Waals surface area contributed by atoms with Crippen LogP contribution in [0.15, 0.2) is 42.5 Å². The Hall–Kier alpha value is -6.11. The zero-order valence-electron chi connectivity index (χ0n) is 47.0. The molecule has 81 heavy (non-hydrogen) atoms. The smallest absolute Gasteiger partial charge is 0.330 e. The zero-order valence-corrected chi connectivity index (χ0v) is 48.6. The van der Waals surface area contributed by atoms with Crippen LogP contribution < -0.4 is 42.4 Å². The van der Waals surface area contributed by atoms with Gasteiger partial charge in [-0.3, -0.25) is 39.0 Å². The SMILES string of the molecule is CCC1CC2CC(C)CC(C2)C12OOC2(OC)c1ccc(/C=C/C(=O)OC)c(OCc2ccc(NC(=O)C(CCCNC(N)=O)NC(=O)C(NC(=O)CCCCCN3C(=O)CC(N[C@H](CS)C(=O)NCC=O)C3=O)C(C)C)cc2)c1Cl. The van der Waals surface area contributed by atoms with Gasteiger partial charge in [0.25, 0.3) is 5.79 Å². The molecule has 4 aliphatic rings. The quantitative estimate of drug-likeness (QED) is 0.00972. The molecule has 2 aromatic carbocycles. The van der Waals surface area contributed by atoms with Crippen LogP contribution in [-0.2, 0) is 70.0 Å². The zero-order chi connectivity index (χ0) is 59.0. The van der Waals surface area contributed by atoms with Crippen molar-refractivity contribution < 1.29 is 67.1 Å². The van der Waals surface area contributed by atoms with Crippen molar-refractivity contribution in [1.82, 2.24) is 31.5 Å². The third kappa shape index (κ3) is 15.5. The van der Waals surface area contributed by atoms with E-state index in [0.717, 1.165) is 30.6 Å². The van der Waals surface area contributed by atoms with Crippen molar-refractivity contribution in [3.8, 4) is 5.75 Å². The van der Waals surface area contributed by atoms with Gasteiger partial charge in [-0.25, -0.2) is 14.5 Å². The number of methoxy groups -OCH3 is 2. The normalized spacial score (nSPS) is 24.2. The van der Waals surface area contributed by atoms with E-state index in [1.807, 2.05) is 6.07 Å². The molecule has 2 saturated heterocycles. The number of esters is 1. The third-order valence-electron chi connectivity index (χ3n) is 15.8. The van der Waals surface area contributed by atoms with E-state index in [1.54, 1.807) is 57.4 Å². The molecule has 2 aromatic rings. The topological polar surface area (TPSA) is 301 Å². The van der Waals surface area contributed by atoms with Crippen LogP contribution in [0, 0.1) is 29.6 Å². The highest BCUT2D eigenvalue weighted by Crippen LogP contribution is 2.66. The Labute approximate surface area is 483 Å². The van der Waals surface area contributed by atoms with Gasteiger partial charge in [0.1, 0.15) is 30.7 Å². The number of imide groups is 1. The van der Waals surface area contributed by atoms with Crippen molar-refractivity contribution in [1.29, 1.82) is 0 Å². The number of rotatable bonds is 30. The highest BCUT2D eigenvalue weighted by molar-refractivity contribution is 7.80. The predicted octanol–water partition coefficient (Wildman–Crippen LogP) is 4.99. The number of amides is 8. The van der Waals surface area contributed by atoms with E-state index >= 15 is 0 Å². The number of likely N-dealkylation sites (tertiary alicyclic amines) is 1. The van der Waals surface area contributed by atoms with Gasteiger partial charge in [-0.1, -0.05) is 76.4 Å². The third-order valence-corrected chi connectivity index (χ3v) is 16.5. The fourth-order valence-corrected chi connectivity index (χ4v) is 12.5. The number of nitrogens with zero attached hydrogens (tertiary/aromatic N) is 1. The van der Waals surface area contributed by atoms with Crippen molar-refractivity contribution in [2.24, 2.45) is 35.3 Å². The number of carbonyl (C=O) groups excluding carboxylic acids is 9. The minimum atomic E-state index is -1.34. The van der Waals surface area contributed by atoms with Crippen LogP contribution in [0.25, 0.3) is 6.08 Å². The van der Waals surface area contributed by atoms with Crippen LogP contribution in [0.1, 0.15) is 121 Å². The summed E-state index contributed by atoms with van der Waals surface area (Å²) in [5.41, 5.74) is 6.60. The van der Waals surface area contributed by atoms with Crippen LogP contribution >= 0.6 is 24.2 Å². The highest BCUT2D eigenvalue weighted by atomic mass is 35.5. The molecule has 24 heteroatoms. The van der Waals surface area contributed by atoms with Crippen molar-refractivity contribution in [3.05, 3.63) is 64.2 Å². The van der Waals surface area contributed by atoms with Crippen molar-refractivity contribution in [2.45, 2.75) is 147 Å². The summed E-state index contributed by atoms with van der Waals surface area (Å²) in [5.74, 6) is -3.56. The largest absolute Gasteiger partial charge is 0.487 e. The summed E-state index contributed by atoms with van der Waals surface area (Å²) in [4.78, 5) is 127. The number of halogens is 1. The standard InChI is InChI=1S/C57H79ClN8O14S/c1-7-38-28-36-26-34(4)27-39(29-36)56(38)57(77-6,80-79-56)41-20-16-37(17-21-47(70)76-5)50(48(41)58)78-31-35-14-18-40(19-15-35)62-52(72)42(12-11-22-61-55(59)75)64-53(73)49(33(2)3)65-45(68)13-9-8-10-24-66-46(69)30-43(54(66)74)63-44(32-81)51(71)60-23-25-67/h14-21,25,33-34,36,38-39,42-44,49,63,81H,7-13,22-24,26-32H2,1-6H3,(H,60,71)(H,62,72)(H,64,73)(H,65,68)(H3,59,61,75)/b21-17+/t34?,36?,38?,39?,42?,43?,44-,49?,56?,57?/m1/s1. The van der Waals surface area contributed by atoms with Gasteiger partial charge >= 0.3 is 12.0 Å². The first-order valence-corrected chi connectivity index (χ1v) is 28.9. The second-order valence-corrected chi connectivity index (χ2v) is 22.5. The maximum atomic E-state index is 14.0. The molecular weight excluding hydrogens is 1090 g/mol. The molecule has 2 heterocycles. The van der Waals surface area contributed by atoms with Crippen LogP contribution in [0.5, 0.6) is 5.75 Å². The summed E-state index contributed by atoms with van der Waals surface area (Å²) in [6.45, 7) is 8.00. The van der Waals surface area contributed by atoms with Gasteiger partial charge in [-0.15, -0.1) is 0 Å². The molecule has 4 fully saturated rings. The molecular formula is C57H79ClN8O14S. The average molecular weight is 1170 g/mol. The Morgan fingerprint density at radius 2 is 1.67 bits per heavy atom. The van der Waals surface area contributed by atoms with E-state index in [-0.39, 0.29) is 86.2 Å². The summed E-state index contributed by atoms with van der Waals surface area (Å²) >= 11 is 11.5. The first-order valence-electron chi connectivity index (χ1n) is 27.8. The van der Waals surface area contributed by atoms with Crippen LogP contribution in [0.3, 0.4) is 0 Å². The number of ether oxygens (including phenoxy) is 3. The summed E-state index contributed by atoms with van der Waals surface area (Å²) in [6, 6.07) is 5.77. The van der Waals surface area contributed by atoms with Gasteiger partial charge in [-0.05, 0) is 105 Å². The number of anilines is 1. The van der Waals surface area contributed by atoms with Crippen LogP contribution in [0.2, 0.25) is 5.02 Å². The summed E-state index contributed by atoms with van der Waals surface area (Å²) in [7, 11) is 2.88. The molecule has 2 bridgehead atoms. The lowest BCUT2D eigenvalue weighted by molar-refractivity contribution is -0.642. The lowest BCUT2D eigenvalue weighted by Gasteiger charge is -2.65. The molecule has 2 aliphatic heterocycles. The Balaban J connectivity index is 1.07. The maximum absolute atomic E-state index is 14.0. The lowest BCUT2D eigenvalue weighted by atomic mass is 9.53. The number of urea groups is 1. The summed E-state index contributed by atoms with van der Waals surface area (Å²) in [5, 5.41) is 16.4. The Morgan fingerprint density at radius 1 is 0.914 bits per heavy atom. The minimum absolute atomic E-state index is 0.0120. The Bertz CT molecular complexity index is 2620. The summed E-state index contributed by atoms with van der Waals surface area (Å²) < 4.78 is 17.7. The fourth-order valence-electron chi connectivity index (χ4n) is 11.8. The number of primary amides is 1. The van der Waals surface area contributed by atoms with E-state index in [1.165, 1.54) is 19.6 Å². The number of thiol groups is 1. The van der Waals surface area contributed by atoms with Crippen molar-refractivity contribution in [3.63, 3.8) is 0 Å². The average Bonchev–Trinajstić information content (AvgIpc) is 3.87. The molecule has 1 spiro atoms. The van der Waals surface area contributed by atoms with Crippen molar-refractivity contribution in [2.75, 3.05) is 44.9 Å². The molecule has 0 radical (unpaired) electrons. The van der Waals surface area contributed by atoms with E-state index in [0.29, 0.717) is 59.8 Å². The predicted molar refractivity (Wildman–Crippen MR) is 303 cm³/mol. The van der Waals surface area contributed by atoms with Gasteiger partial charge in [0.2, 0.25) is 35.4 Å². The Kier molecular flexibility index (Phi) is 23.5. The van der Waals surface area contributed by atoms with E-state index in [9.17, 15) is 43.2 Å². The number of nitrogens with one attached hydrogen (secondary N) is 6. The number of unbranched alkanes of at least 4 members (excludes halogenated alkanes) is 2.